The molecule has 9 heteroatoms. The highest BCUT2D eigenvalue weighted by atomic mass is 35.5. The monoisotopic (exact) mass is 554 g/mol. The average Bonchev–Trinajstić information content (AvgIpc) is 3.56. The van der Waals surface area contributed by atoms with Crippen molar-refractivity contribution in [3.63, 3.8) is 0 Å². The third-order valence-electron chi connectivity index (χ3n) is 7.94. The van der Waals surface area contributed by atoms with Gasteiger partial charge in [0.25, 0.3) is 5.91 Å². The van der Waals surface area contributed by atoms with Crippen LogP contribution in [-0.2, 0) is 19.1 Å². The fourth-order valence-electron chi connectivity index (χ4n) is 6.50. The molecule has 2 aromatic rings. The quantitative estimate of drug-likeness (QED) is 0.368. The number of carbonyl (C=O) groups excluding carboxylic acids is 3. The van der Waals surface area contributed by atoms with Gasteiger partial charge in [-0.2, -0.15) is 0 Å². The Bertz CT molecular complexity index is 1240. The van der Waals surface area contributed by atoms with E-state index in [-0.39, 0.29) is 36.8 Å². The minimum atomic E-state index is -0.914. The summed E-state index contributed by atoms with van der Waals surface area (Å²) < 4.78 is 4.59. The number of rotatable bonds is 9. The van der Waals surface area contributed by atoms with E-state index in [1.165, 1.54) is 4.90 Å². The van der Waals surface area contributed by atoms with Crippen LogP contribution in [0.3, 0.4) is 0 Å². The Hall–Kier alpha value is -2.81. The molecule has 3 heterocycles. The molecule has 3 aliphatic rings. The number of fused-ring (bicyclic) bond motifs is 1. The number of hydrogen-bond donors (Lipinski definition) is 1. The van der Waals surface area contributed by atoms with Crippen LogP contribution in [0.4, 0.5) is 5.69 Å². The second-order valence-corrected chi connectivity index (χ2v) is 11.9. The zero-order chi connectivity index (χ0) is 27.0. The van der Waals surface area contributed by atoms with Crippen molar-refractivity contribution < 1.29 is 24.2 Å². The first kappa shape index (κ1) is 26.8. The van der Waals surface area contributed by atoms with Gasteiger partial charge in [0.05, 0.1) is 46.5 Å². The zero-order valence-electron chi connectivity index (χ0n) is 21.2. The smallest absolute Gasteiger partial charge is 0.310 e. The van der Waals surface area contributed by atoms with E-state index >= 15 is 0 Å². The van der Waals surface area contributed by atoms with Gasteiger partial charge >= 0.3 is 5.97 Å². The number of aliphatic hydroxyl groups is 1. The summed E-state index contributed by atoms with van der Waals surface area (Å²) in [6.07, 6.45) is 2.94. The zero-order valence-corrected chi connectivity index (χ0v) is 22.7. The van der Waals surface area contributed by atoms with Gasteiger partial charge in [0.1, 0.15) is 6.04 Å². The molecule has 3 fully saturated rings. The highest BCUT2D eigenvalue weighted by Crippen LogP contribution is 2.67. The second kappa shape index (κ2) is 10.8. The van der Waals surface area contributed by atoms with Gasteiger partial charge in [0.2, 0.25) is 5.91 Å². The van der Waals surface area contributed by atoms with Crippen molar-refractivity contribution in [3.05, 3.63) is 77.8 Å². The first-order valence-corrected chi connectivity index (χ1v) is 14.1. The number of para-hydroxylation sites is 1. The first-order valence-electron chi connectivity index (χ1n) is 12.9. The van der Waals surface area contributed by atoms with Crippen LogP contribution in [0.2, 0.25) is 5.02 Å². The van der Waals surface area contributed by atoms with E-state index in [0.29, 0.717) is 23.6 Å². The SMILES string of the molecule is C=CCN(C(=O)C1N([C@H](CO)c2ccccc2)C(=O)[C@@H]2[C@H](C(=O)OCC)[C@@H]3CCC12S3)c1ccccc1Cl. The van der Waals surface area contributed by atoms with Gasteiger partial charge in [-0.15, -0.1) is 18.3 Å². The van der Waals surface area contributed by atoms with Gasteiger partial charge in [0.15, 0.2) is 0 Å². The fourth-order valence-corrected chi connectivity index (χ4v) is 8.92. The number of halogens is 1. The first-order chi connectivity index (χ1) is 18.4. The number of thioether (sulfide) groups is 1. The van der Waals surface area contributed by atoms with Crippen molar-refractivity contribution in [2.75, 3.05) is 24.7 Å². The molecule has 1 N–H and O–H groups in total. The normalized spacial score (nSPS) is 28.2. The Morgan fingerprint density at radius 2 is 1.97 bits per heavy atom. The molecule has 6 atom stereocenters. The van der Waals surface area contributed by atoms with Gasteiger partial charge in [0, 0.05) is 11.8 Å². The van der Waals surface area contributed by atoms with Gasteiger partial charge in [-0.05, 0) is 37.5 Å². The second-order valence-electron chi connectivity index (χ2n) is 9.85. The van der Waals surface area contributed by atoms with Gasteiger partial charge in [-0.25, -0.2) is 0 Å². The van der Waals surface area contributed by atoms with Crippen molar-refractivity contribution in [1.82, 2.24) is 4.90 Å². The molecule has 2 bridgehead atoms. The minimum Gasteiger partial charge on any atom is -0.466 e. The number of amides is 2. The summed E-state index contributed by atoms with van der Waals surface area (Å²) in [5.41, 5.74) is 1.24. The lowest BCUT2D eigenvalue weighted by Crippen LogP contribution is -2.56. The van der Waals surface area contributed by atoms with Crippen molar-refractivity contribution in [3.8, 4) is 0 Å². The summed E-state index contributed by atoms with van der Waals surface area (Å²) in [5.74, 6) is -2.34. The number of esters is 1. The Labute approximate surface area is 231 Å². The van der Waals surface area contributed by atoms with Crippen LogP contribution >= 0.6 is 23.4 Å². The lowest BCUT2D eigenvalue weighted by Gasteiger charge is -2.39. The van der Waals surface area contributed by atoms with Gasteiger partial charge in [-0.1, -0.05) is 60.1 Å². The van der Waals surface area contributed by atoms with Gasteiger partial charge < -0.3 is 19.6 Å². The average molecular weight is 555 g/mol. The lowest BCUT2D eigenvalue weighted by atomic mass is 9.71. The number of hydrogen-bond acceptors (Lipinski definition) is 6. The molecule has 0 radical (unpaired) electrons. The molecule has 1 spiro atoms. The predicted molar refractivity (Wildman–Crippen MR) is 148 cm³/mol. The largest absolute Gasteiger partial charge is 0.466 e. The maximum Gasteiger partial charge on any atom is 0.310 e. The summed E-state index contributed by atoms with van der Waals surface area (Å²) >= 11 is 8.09. The number of nitrogens with zero attached hydrogens (tertiary/aromatic N) is 2. The summed E-state index contributed by atoms with van der Waals surface area (Å²) in [4.78, 5) is 45.2. The van der Waals surface area contributed by atoms with E-state index < -0.39 is 34.6 Å². The standard InChI is InChI=1S/C29H31ClN2O5S/c1-3-16-31(20-13-9-8-12-19(20)30)27(35)25-29-15-14-22(38-29)23(28(36)37-4-2)24(29)26(34)32(25)21(17-33)18-10-6-5-7-11-18/h3,5-13,21-25,33H,1,4,14-17H2,2H3/t21-,22+,23-,24+,25?,29?/m1/s1. The molecule has 200 valence electrons. The third-order valence-corrected chi connectivity index (χ3v) is 10.2. The topological polar surface area (TPSA) is 87.2 Å². The Morgan fingerprint density at radius 3 is 2.63 bits per heavy atom. The number of carbonyl (C=O) groups is 3. The van der Waals surface area contributed by atoms with Crippen LogP contribution in [0, 0.1) is 11.8 Å². The third kappa shape index (κ3) is 4.14. The molecule has 5 rings (SSSR count). The van der Waals surface area contributed by atoms with E-state index in [9.17, 15) is 19.5 Å². The molecule has 0 aromatic heterocycles. The molecule has 2 aromatic carbocycles. The van der Waals surface area contributed by atoms with E-state index in [2.05, 4.69) is 6.58 Å². The molecule has 2 unspecified atom stereocenters. The highest BCUT2D eigenvalue weighted by molar-refractivity contribution is 8.02. The van der Waals surface area contributed by atoms with E-state index in [4.69, 9.17) is 16.3 Å². The summed E-state index contributed by atoms with van der Waals surface area (Å²) in [5, 5.41) is 10.9. The molecule has 0 saturated carbocycles. The van der Waals surface area contributed by atoms with E-state index in [1.54, 1.807) is 53.9 Å². The van der Waals surface area contributed by atoms with Crippen LogP contribution in [0.1, 0.15) is 31.4 Å². The maximum absolute atomic E-state index is 14.6. The van der Waals surface area contributed by atoms with Crippen LogP contribution in [0.5, 0.6) is 0 Å². The molecular weight excluding hydrogens is 524 g/mol. The van der Waals surface area contributed by atoms with Crippen molar-refractivity contribution in [1.29, 1.82) is 0 Å². The van der Waals surface area contributed by atoms with Gasteiger partial charge in [-0.3, -0.25) is 14.4 Å². The van der Waals surface area contributed by atoms with Crippen LogP contribution in [0.25, 0.3) is 0 Å². The number of benzene rings is 2. The van der Waals surface area contributed by atoms with Crippen LogP contribution in [-0.4, -0.2) is 63.6 Å². The summed E-state index contributed by atoms with van der Waals surface area (Å²) in [7, 11) is 0. The Morgan fingerprint density at radius 1 is 1.26 bits per heavy atom. The lowest BCUT2D eigenvalue weighted by molar-refractivity contribution is -0.154. The van der Waals surface area contributed by atoms with E-state index in [1.807, 2.05) is 30.3 Å². The number of ether oxygens (including phenoxy) is 1. The molecule has 38 heavy (non-hydrogen) atoms. The molecule has 3 saturated heterocycles. The molecule has 7 nitrogen and oxygen atoms in total. The van der Waals surface area contributed by atoms with Crippen molar-refractivity contribution >= 4 is 46.8 Å². The van der Waals surface area contributed by atoms with E-state index in [0.717, 1.165) is 5.56 Å². The van der Waals surface area contributed by atoms with Crippen LogP contribution in [0.15, 0.2) is 67.3 Å². The molecule has 3 aliphatic heterocycles. The summed E-state index contributed by atoms with van der Waals surface area (Å²) in [6.45, 7) is 5.63. The van der Waals surface area contributed by atoms with Crippen LogP contribution < -0.4 is 4.90 Å². The van der Waals surface area contributed by atoms with Crippen molar-refractivity contribution in [2.24, 2.45) is 11.8 Å². The number of anilines is 1. The maximum atomic E-state index is 14.6. The Balaban J connectivity index is 1.65. The number of likely N-dealkylation sites (tertiary alicyclic amines) is 1. The molecular formula is C29H31ClN2O5S. The fraction of sp³-hybridized carbons (Fsp3) is 0.414. The summed E-state index contributed by atoms with van der Waals surface area (Å²) in [6, 6.07) is 14.6. The Kier molecular flexibility index (Phi) is 7.58. The molecule has 2 amide bonds. The predicted octanol–water partition coefficient (Wildman–Crippen LogP) is 4.25. The number of aliphatic hydroxyl groups excluding tert-OH is 1. The van der Waals surface area contributed by atoms with Crippen molar-refractivity contribution in [2.45, 2.75) is 41.8 Å². The molecule has 0 aliphatic carbocycles. The minimum absolute atomic E-state index is 0.0991. The highest BCUT2D eigenvalue weighted by Gasteiger charge is 2.75.